The van der Waals surface area contributed by atoms with Gasteiger partial charge in [-0.2, -0.15) is 0 Å². The van der Waals surface area contributed by atoms with Crippen LogP contribution in [0.15, 0.2) is 47.1 Å². The molecule has 2 rings (SSSR count). The molecule has 0 aliphatic carbocycles. The lowest BCUT2D eigenvalue weighted by Crippen LogP contribution is -2.35. The molecule has 19 heavy (non-hydrogen) atoms. The van der Waals surface area contributed by atoms with Gasteiger partial charge in [0.1, 0.15) is 5.76 Å². The molecule has 2 aromatic rings. The maximum atomic E-state index is 11.9. The first-order valence-electron chi connectivity index (χ1n) is 6.25. The molecule has 2 N–H and O–H groups in total. The van der Waals surface area contributed by atoms with Crippen molar-refractivity contribution in [1.29, 1.82) is 0 Å². The van der Waals surface area contributed by atoms with E-state index in [2.05, 4.69) is 0 Å². The number of amides is 1. The van der Waals surface area contributed by atoms with E-state index in [1.165, 1.54) is 0 Å². The molecule has 0 saturated heterocycles. The molecule has 0 aliphatic heterocycles. The van der Waals surface area contributed by atoms with Crippen molar-refractivity contribution in [2.75, 3.05) is 6.54 Å². The Morgan fingerprint density at radius 1 is 1.21 bits per heavy atom. The first kappa shape index (κ1) is 13.4. The molecule has 0 fully saturated rings. The van der Waals surface area contributed by atoms with Crippen molar-refractivity contribution in [2.45, 2.75) is 20.0 Å². The summed E-state index contributed by atoms with van der Waals surface area (Å²) in [6.07, 6.45) is 1.61. The monoisotopic (exact) mass is 258 g/mol. The van der Waals surface area contributed by atoms with E-state index in [9.17, 15) is 4.79 Å². The molecule has 0 aliphatic rings. The van der Waals surface area contributed by atoms with Crippen LogP contribution in [0.5, 0.6) is 0 Å². The average molecular weight is 258 g/mol. The Bertz CT molecular complexity index is 535. The van der Waals surface area contributed by atoms with Crippen LogP contribution in [0.25, 0.3) is 0 Å². The lowest BCUT2D eigenvalue weighted by molar-refractivity contribution is -0.131. The number of carbonyl (C=O) groups is 1. The summed E-state index contributed by atoms with van der Waals surface area (Å²) < 4.78 is 5.29. The highest BCUT2D eigenvalue weighted by Crippen LogP contribution is 2.13. The Morgan fingerprint density at radius 3 is 2.63 bits per heavy atom. The second-order valence-electron chi connectivity index (χ2n) is 4.46. The lowest BCUT2D eigenvalue weighted by Gasteiger charge is -2.22. The Morgan fingerprint density at radius 2 is 2.00 bits per heavy atom. The van der Waals surface area contributed by atoms with Crippen molar-refractivity contribution in [3.8, 4) is 0 Å². The van der Waals surface area contributed by atoms with Crippen molar-refractivity contribution in [3.05, 3.63) is 59.5 Å². The molecule has 0 bridgehead atoms. The van der Waals surface area contributed by atoms with Gasteiger partial charge in [0.15, 0.2) is 0 Å². The minimum absolute atomic E-state index is 0.00654. The van der Waals surface area contributed by atoms with Crippen molar-refractivity contribution in [2.24, 2.45) is 5.73 Å². The van der Waals surface area contributed by atoms with Gasteiger partial charge < -0.3 is 15.1 Å². The van der Waals surface area contributed by atoms with Crippen LogP contribution in [0, 0.1) is 6.92 Å². The standard InChI is InChI=1S/C15H18N2O2/c1-12-5-2-3-6-13(12)10-17(15(18)9-16)11-14-7-4-8-19-14/h2-8H,9-11,16H2,1H3. The molecular weight excluding hydrogens is 240 g/mol. The quantitative estimate of drug-likeness (QED) is 0.893. The minimum atomic E-state index is -0.0837. The van der Waals surface area contributed by atoms with E-state index in [1.54, 1.807) is 11.2 Å². The van der Waals surface area contributed by atoms with Crippen LogP contribution in [0.3, 0.4) is 0 Å². The van der Waals surface area contributed by atoms with Crippen molar-refractivity contribution < 1.29 is 9.21 Å². The molecule has 4 nitrogen and oxygen atoms in total. The maximum Gasteiger partial charge on any atom is 0.237 e. The van der Waals surface area contributed by atoms with Gasteiger partial charge in [-0.25, -0.2) is 0 Å². The number of hydrogen-bond donors (Lipinski definition) is 1. The van der Waals surface area contributed by atoms with Gasteiger partial charge in [-0.1, -0.05) is 24.3 Å². The Labute approximate surface area is 112 Å². The van der Waals surface area contributed by atoms with E-state index in [-0.39, 0.29) is 12.5 Å². The first-order valence-corrected chi connectivity index (χ1v) is 6.25. The molecule has 0 saturated carbocycles. The number of aryl methyl sites for hydroxylation is 1. The number of rotatable bonds is 5. The molecule has 0 unspecified atom stereocenters. The SMILES string of the molecule is Cc1ccccc1CN(Cc1ccco1)C(=O)CN. The highest BCUT2D eigenvalue weighted by atomic mass is 16.3. The molecule has 0 spiro atoms. The molecule has 100 valence electrons. The van der Waals surface area contributed by atoms with Gasteiger partial charge in [-0.15, -0.1) is 0 Å². The summed E-state index contributed by atoms with van der Waals surface area (Å²) in [7, 11) is 0. The molecule has 0 radical (unpaired) electrons. The Balaban J connectivity index is 2.14. The topological polar surface area (TPSA) is 59.5 Å². The highest BCUT2D eigenvalue weighted by molar-refractivity contribution is 5.78. The van der Waals surface area contributed by atoms with E-state index in [4.69, 9.17) is 10.2 Å². The van der Waals surface area contributed by atoms with E-state index >= 15 is 0 Å². The van der Waals surface area contributed by atoms with Gasteiger partial charge in [-0.3, -0.25) is 4.79 Å². The van der Waals surface area contributed by atoms with Crippen LogP contribution in [-0.4, -0.2) is 17.4 Å². The molecule has 1 aromatic heterocycles. The number of benzene rings is 1. The Kier molecular flexibility index (Phi) is 4.36. The van der Waals surface area contributed by atoms with Crippen LogP contribution < -0.4 is 5.73 Å². The fraction of sp³-hybridized carbons (Fsp3) is 0.267. The van der Waals surface area contributed by atoms with Crippen LogP contribution in [0.2, 0.25) is 0 Å². The minimum Gasteiger partial charge on any atom is -0.467 e. The average Bonchev–Trinajstić information content (AvgIpc) is 2.92. The van der Waals surface area contributed by atoms with Gasteiger partial charge in [0.25, 0.3) is 0 Å². The maximum absolute atomic E-state index is 11.9. The largest absolute Gasteiger partial charge is 0.467 e. The van der Waals surface area contributed by atoms with Crippen molar-refractivity contribution in [3.63, 3.8) is 0 Å². The second-order valence-corrected chi connectivity index (χ2v) is 4.46. The molecule has 4 heteroatoms. The van der Waals surface area contributed by atoms with Crippen LogP contribution in [0.1, 0.15) is 16.9 Å². The second kappa shape index (κ2) is 6.20. The Hall–Kier alpha value is -2.07. The summed E-state index contributed by atoms with van der Waals surface area (Å²) in [5.41, 5.74) is 7.76. The summed E-state index contributed by atoms with van der Waals surface area (Å²) in [4.78, 5) is 13.6. The summed E-state index contributed by atoms with van der Waals surface area (Å²) in [6, 6.07) is 11.7. The van der Waals surface area contributed by atoms with Gasteiger partial charge >= 0.3 is 0 Å². The van der Waals surface area contributed by atoms with E-state index in [0.29, 0.717) is 13.1 Å². The van der Waals surface area contributed by atoms with Crippen molar-refractivity contribution in [1.82, 2.24) is 4.90 Å². The molecule has 1 amide bonds. The number of carbonyl (C=O) groups excluding carboxylic acids is 1. The number of hydrogen-bond acceptors (Lipinski definition) is 3. The van der Waals surface area contributed by atoms with E-state index in [0.717, 1.165) is 16.9 Å². The number of furan rings is 1. The zero-order valence-corrected chi connectivity index (χ0v) is 11.0. The third-order valence-corrected chi connectivity index (χ3v) is 3.08. The fourth-order valence-electron chi connectivity index (χ4n) is 1.95. The van der Waals surface area contributed by atoms with Crippen LogP contribution in [0.4, 0.5) is 0 Å². The third-order valence-electron chi connectivity index (χ3n) is 3.08. The van der Waals surface area contributed by atoms with Gasteiger partial charge in [-0.05, 0) is 30.2 Å². The molecule has 1 heterocycles. The molecule has 1 aromatic carbocycles. The predicted molar refractivity (Wildman–Crippen MR) is 73.2 cm³/mol. The van der Waals surface area contributed by atoms with Gasteiger partial charge in [0.05, 0.1) is 19.4 Å². The molecule has 0 atom stereocenters. The third kappa shape index (κ3) is 3.45. The zero-order chi connectivity index (χ0) is 13.7. The van der Waals surface area contributed by atoms with Crippen molar-refractivity contribution >= 4 is 5.91 Å². The van der Waals surface area contributed by atoms with E-state index < -0.39 is 0 Å². The van der Waals surface area contributed by atoms with Gasteiger partial charge in [0, 0.05) is 6.54 Å². The summed E-state index contributed by atoms with van der Waals surface area (Å²) in [6.45, 7) is 3.03. The fourth-order valence-corrected chi connectivity index (χ4v) is 1.95. The first-order chi connectivity index (χ1) is 9.20. The van der Waals surface area contributed by atoms with Crippen LogP contribution in [-0.2, 0) is 17.9 Å². The predicted octanol–water partition coefficient (Wildman–Crippen LogP) is 2.08. The highest BCUT2D eigenvalue weighted by Gasteiger charge is 2.15. The summed E-state index contributed by atoms with van der Waals surface area (Å²) >= 11 is 0. The zero-order valence-electron chi connectivity index (χ0n) is 11.0. The number of nitrogens with two attached hydrogens (primary N) is 1. The van der Waals surface area contributed by atoms with Crippen LogP contribution >= 0.6 is 0 Å². The summed E-state index contributed by atoms with van der Waals surface area (Å²) in [5.74, 6) is 0.676. The molecular formula is C15H18N2O2. The smallest absolute Gasteiger partial charge is 0.237 e. The normalized spacial score (nSPS) is 10.4. The summed E-state index contributed by atoms with van der Waals surface area (Å²) in [5, 5.41) is 0. The van der Waals surface area contributed by atoms with Gasteiger partial charge in [0.2, 0.25) is 5.91 Å². The number of nitrogens with zero attached hydrogens (tertiary/aromatic N) is 1. The lowest BCUT2D eigenvalue weighted by atomic mass is 10.1. The van der Waals surface area contributed by atoms with E-state index in [1.807, 2.05) is 43.3 Å².